The molecule has 3 rings (SSSR count). The first kappa shape index (κ1) is 20.3. The highest BCUT2D eigenvalue weighted by Crippen LogP contribution is 2.23. The third-order valence-electron chi connectivity index (χ3n) is 3.89. The molecule has 3 aromatic rings. The Morgan fingerprint density at radius 1 is 0.966 bits per heavy atom. The minimum atomic E-state index is -0.483. The molecule has 0 aliphatic rings. The number of carbonyl (C=O) groups is 2. The van der Waals surface area contributed by atoms with E-state index < -0.39 is 11.9 Å². The Kier molecular flexibility index (Phi) is 6.76. The summed E-state index contributed by atoms with van der Waals surface area (Å²) in [4.78, 5) is 24.6. The van der Waals surface area contributed by atoms with Crippen molar-refractivity contribution in [3.63, 3.8) is 0 Å². The predicted octanol–water partition coefficient (Wildman–Crippen LogP) is 4.44. The molecule has 0 atom stereocenters. The molecular weight excluding hydrogens is 436 g/mol. The molecule has 6 nitrogen and oxygen atoms in total. The van der Waals surface area contributed by atoms with Gasteiger partial charge in [0.15, 0.2) is 0 Å². The van der Waals surface area contributed by atoms with E-state index in [1.54, 1.807) is 66.7 Å². The Balaban J connectivity index is 1.73. The van der Waals surface area contributed by atoms with Gasteiger partial charge in [-0.05, 0) is 48.5 Å². The molecule has 3 aromatic carbocycles. The van der Waals surface area contributed by atoms with Crippen LogP contribution in [0.3, 0.4) is 0 Å². The lowest BCUT2D eigenvalue weighted by Crippen LogP contribution is -2.17. The van der Waals surface area contributed by atoms with E-state index in [1.807, 2.05) is 6.07 Å². The van der Waals surface area contributed by atoms with Crippen LogP contribution < -0.4 is 14.9 Å². The second-order valence-corrected chi connectivity index (χ2v) is 6.78. The Morgan fingerprint density at radius 2 is 1.72 bits per heavy atom. The van der Waals surface area contributed by atoms with Crippen LogP contribution in [-0.4, -0.2) is 25.2 Å². The molecule has 0 heterocycles. The Bertz CT molecular complexity index is 1050. The number of benzene rings is 3. The van der Waals surface area contributed by atoms with Gasteiger partial charge >= 0.3 is 5.97 Å². The summed E-state index contributed by atoms with van der Waals surface area (Å²) >= 11 is 3.38. The van der Waals surface area contributed by atoms with Crippen LogP contribution in [0.15, 0.2) is 82.4 Å². The summed E-state index contributed by atoms with van der Waals surface area (Å²) in [5, 5.41) is 3.98. The molecular formula is C22H17BrN2O4. The molecule has 0 radical (unpaired) electrons. The Hall–Kier alpha value is -3.45. The quantitative estimate of drug-likeness (QED) is 0.259. The van der Waals surface area contributed by atoms with Crippen molar-refractivity contribution < 1.29 is 19.1 Å². The smallest absolute Gasteiger partial charge is 0.343 e. The van der Waals surface area contributed by atoms with E-state index in [0.29, 0.717) is 28.2 Å². The van der Waals surface area contributed by atoms with Gasteiger partial charge < -0.3 is 9.47 Å². The van der Waals surface area contributed by atoms with Crippen molar-refractivity contribution in [2.24, 2.45) is 5.10 Å². The first-order valence-corrected chi connectivity index (χ1v) is 9.40. The maximum Gasteiger partial charge on any atom is 0.343 e. The van der Waals surface area contributed by atoms with Gasteiger partial charge in [-0.1, -0.05) is 40.2 Å². The minimum Gasteiger partial charge on any atom is -0.497 e. The number of rotatable bonds is 6. The van der Waals surface area contributed by atoms with Gasteiger partial charge in [0.1, 0.15) is 11.5 Å². The van der Waals surface area contributed by atoms with Crippen molar-refractivity contribution in [1.29, 1.82) is 0 Å². The number of esters is 1. The van der Waals surface area contributed by atoms with Crippen LogP contribution in [0.4, 0.5) is 0 Å². The predicted molar refractivity (Wildman–Crippen MR) is 114 cm³/mol. The van der Waals surface area contributed by atoms with E-state index in [9.17, 15) is 9.59 Å². The van der Waals surface area contributed by atoms with Crippen molar-refractivity contribution in [1.82, 2.24) is 5.43 Å². The summed E-state index contributed by atoms with van der Waals surface area (Å²) in [6, 6.07) is 20.5. The van der Waals surface area contributed by atoms with E-state index in [4.69, 9.17) is 9.47 Å². The summed E-state index contributed by atoms with van der Waals surface area (Å²) in [7, 11) is 1.53. The van der Waals surface area contributed by atoms with E-state index in [0.717, 1.165) is 4.47 Å². The zero-order valence-electron chi connectivity index (χ0n) is 15.5. The van der Waals surface area contributed by atoms with Crippen molar-refractivity contribution in [2.75, 3.05) is 7.11 Å². The highest BCUT2D eigenvalue weighted by atomic mass is 79.9. The highest BCUT2D eigenvalue weighted by molar-refractivity contribution is 9.10. The number of methoxy groups -OCH3 is 1. The maximum atomic E-state index is 12.3. The summed E-state index contributed by atoms with van der Waals surface area (Å²) < 4.78 is 11.4. The number of carbonyl (C=O) groups excluding carboxylic acids is 2. The summed E-state index contributed by atoms with van der Waals surface area (Å²) in [5.74, 6) is 0.0196. The largest absolute Gasteiger partial charge is 0.497 e. The summed E-state index contributed by atoms with van der Waals surface area (Å²) in [5.41, 5.74) is 3.82. The molecule has 1 amide bonds. The van der Waals surface area contributed by atoms with E-state index in [-0.39, 0.29) is 0 Å². The number of halogens is 1. The van der Waals surface area contributed by atoms with Crippen LogP contribution in [0, 0.1) is 0 Å². The average Bonchev–Trinajstić information content (AvgIpc) is 2.76. The Labute approximate surface area is 176 Å². The van der Waals surface area contributed by atoms with Gasteiger partial charge in [-0.15, -0.1) is 0 Å². The normalized spacial score (nSPS) is 10.6. The van der Waals surface area contributed by atoms with Gasteiger partial charge in [-0.3, -0.25) is 4.79 Å². The maximum absolute atomic E-state index is 12.3. The summed E-state index contributed by atoms with van der Waals surface area (Å²) in [6.07, 6.45) is 1.41. The van der Waals surface area contributed by atoms with Crippen LogP contribution in [0.2, 0.25) is 0 Å². The van der Waals surface area contributed by atoms with Gasteiger partial charge in [-0.2, -0.15) is 5.10 Å². The van der Waals surface area contributed by atoms with Gasteiger partial charge in [0.2, 0.25) is 0 Å². The molecule has 0 bridgehead atoms. The molecule has 0 aliphatic carbocycles. The zero-order chi connectivity index (χ0) is 20.6. The lowest BCUT2D eigenvalue weighted by Gasteiger charge is -2.08. The number of hydrazone groups is 1. The molecule has 0 unspecified atom stereocenters. The number of amides is 1. The SMILES string of the molecule is COc1cccc(C(=O)N/N=C/c2cc(Br)ccc2OC(=O)c2ccccc2)c1. The second kappa shape index (κ2) is 9.66. The number of hydrogen-bond donors (Lipinski definition) is 1. The molecule has 7 heteroatoms. The third-order valence-corrected chi connectivity index (χ3v) is 4.38. The van der Waals surface area contributed by atoms with Crippen LogP contribution in [0.25, 0.3) is 0 Å². The molecule has 1 N–H and O–H groups in total. The topological polar surface area (TPSA) is 77.0 Å². The molecule has 0 saturated heterocycles. The highest BCUT2D eigenvalue weighted by Gasteiger charge is 2.11. The van der Waals surface area contributed by atoms with Gasteiger partial charge in [0, 0.05) is 15.6 Å². The van der Waals surface area contributed by atoms with Crippen molar-refractivity contribution in [2.45, 2.75) is 0 Å². The molecule has 0 saturated carbocycles. The molecule has 29 heavy (non-hydrogen) atoms. The average molecular weight is 453 g/mol. The van der Waals surface area contributed by atoms with Gasteiger partial charge in [0.05, 0.1) is 18.9 Å². The van der Waals surface area contributed by atoms with E-state index in [1.165, 1.54) is 13.3 Å². The van der Waals surface area contributed by atoms with Crippen LogP contribution in [0.1, 0.15) is 26.3 Å². The second-order valence-electron chi connectivity index (χ2n) is 5.87. The molecule has 0 aliphatic heterocycles. The van der Waals surface area contributed by atoms with E-state index >= 15 is 0 Å². The molecule has 0 spiro atoms. The Morgan fingerprint density at radius 3 is 2.48 bits per heavy atom. The number of hydrogen-bond acceptors (Lipinski definition) is 5. The standard InChI is InChI=1S/C22H17BrN2O4/c1-28-19-9-5-8-16(13-19)21(26)25-24-14-17-12-18(23)10-11-20(17)29-22(27)15-6-3-2-4-7-15/h2-14H,1H3,(H,25,26)/b24-14+. The van der Waals surface area contributed by atoms with Crippen LogP contribution in [-0.2, 0) is 0 Å². The first-order chi connectivity index (χ1) is 14.1. The number of nitrogens with zero attached hydrogens (tertiary/aromatic N) is 1. The summed E-state index contributed by atoms with van der Waals surface area (Å²) in [6.45, 7) is 0. The van der Waals surface area contributed by atoms with Gasteiger partial charge in [-0.25, -0.2) is 10.2 Å². The fourth-order valence-electron chi connectivity index (χ4n) is 2.44. The van der Waals surface area contributed by atoms with Crippen LogP contribution >= 0.6 is 15.9 Å². The number of nitrogens with one attached hydrogen (secondary N) is 1. The van der Waals surface area contributed by atoms with E-state index in [2.05, 4.69) is 26.5 Å². The monoisotopic (exact) mass is 452 g/mol. The van der Waals surface area contributed by atoms with Crippen molar-refractivity contribution >= 4 is 34.0 Å². The van der Waals surface area contributed by atoms with Gasteiger partial charge in [0.25, 0.3) is 5.91 Å². The zero-order valence-corrected chi connectivity index (χ0v) is 17.0. The number of ether oxygens (including phenoxy) is 2. The fraction of sp³-hybridized carbons (Fsp3) is 0.0455. The third kappa shape index (κ3) is 5.52. The fourth-order valence-corrected chi connectivity index (χ4v) is 2.81. The molecule has 0 fully saturated rings. The van der Waals surface area contributed by atoms with Crippen LogP contribution in [0.5, 0.6) is 11.5 Å². The lowest BCUT2D eigenvalue weighted by molar-refractivity contribution is 0.0734. The lowest BCUT2D eigenvalue weighted by atomic mass is 10.2. The molecule has 146 valence electrons. The first-order valence-electron chi connectivity index (χ1n) is 8.61. The molecule has 0 aromatic heterocycles. The minimum absolute atomic E-state index is 0.321. The van der Waals surface area contributed by atoms with Crippen molar-refractivity contribution in [3.05, 3.63) is 94.0 Å². The van der Waals surface area contributed by atoms with Crippen molar-refractivity contribution in [3.8, 4) is 11.5 Å².